The van der Waals surface area contributed by atoms with E-state index in [-0.39, 0.29) is 24.2 Å². The van der Waals surface area contributed by atoms with E-state index in [1.165, 1.54) is 17.5 Å². The highest BCUT2D eigenvalue weighted by Crippen LogP contribution is 2.28. The van der Waals surface area contributed by atoms with Gasteiger partial charge in [0.05, 0.1) is 22.7 Å². The molecule has 2 aliphatic rings. The van der Waals surface area contributed by atoms with E-state index >= 15 is 0 Å². The van der Waals surface area contributed by atoms with Crippen LogP contribution in [0.3, 0.4) is 0 Å². The van der Waals surface area contributed by atoms with Gasteiger partial charge in [-0.15, -0.1) is 0 Å². The van der Waals surface area contributed by atoms with E-state index in [2.05, 4.69) is 27.4 Å². The molecule has 2 aromatic carbocycles. The zero-order valence-electron chi connectivity index (χ0n) is 21.2. The molecule has 1 aliphatic carbocycles. The number of aromatic amines is 1. The van der Waals surface area contributed by atoms with Gasteiger partial charge in [0.25, 0.3) is 0 Å². The second kappa shape index (κ2) is 9.96. The van der Waals surface area contributed by atoms with Crippen molar-refractivity contribution in [3.8, 4) is 0 Å². The molecular formula is C29H31N5O4. The summed E-state index contributed by atoms with van der Waals surface area (Å²) < 4.78 is 1.75. The van der Waals surface area contributed by atoms with Crippen LogP contribution in [0.1, 0.15) is 48.4 Å². The van der Waals surface area contributed by atoms with Crippen molar-refractivity contribution >= 4 is 33.9 Å². The van der Waals surface area contributed by atoms with E-state index in [4.69, 9.17) is 0 Å². The minimum Gasteiger partial charge on any atom is -0.480 e. The number of hydrogen-bond donors (Lipinski definition) is 3. The molecular weight excluding hydrogens is 482 g/mol. The van der Waals surface area contributed by atoms with Crippen molar-refractivity contribution in [2.24, 2.45) is 0 Å². The summed E-state index contributed by atoms with van der Waals surface area (Å²) in [5, 5.41) is 13.4. The molecule has 1 saturated heterocycles. The normalized spacial score (nSPS) is 16.9. The number of amides is 2. The lowest BCUT2D eigenvalue weighted by Crippen LogP contribution is -2.51. The van der Waals surface area contributed by atoms with Crippen molar-refractivity contribution in [3.05, 3.63) is 75.8 Å². The number of rotatable bonds is 5. The fourth-order valence-corrected chi connectivity index (χ4v) is 6.00. The van der Waals surface area contributed by atoms with Gasteiger partial charge in [-0.1, -0.05) is 36.4 Å². The monoisotopic (exact) mass is 513 g/mol. The second-order valence-corrected chi connectivity index (χ2v) is 10.4. The number of urea groups is 1. The summed E-state index contributed by atoms with van der Waals surface area (Å²) in [5.74, 6) is -1.05. The number of benzene rings is 2. The number of nitrogens with one attached hydrogen (secondary N) is 2. The Morgan fingerprint density at radius 2 is 1.84 bits per heavy atom. The molecule has 3 heterocycles. The van der Waals surface area contributed by atoms with Crippen molar-refractivity contribution in [2.75, 3.05) is 13.1 Å². The van der Waals surface area contributed by atoms with Crippen LogP contribution in [0, 0.1) is 0 Å². The topological polar surface area (TPSA) is 120 Å². The van der Waals surface area contributed by atoms with Crippen LogP contribution in [0.25, 0.3) is 21.9 Å². The van der Waals surface area contributed by atoms with Crippen LogP contribution in [0.4, 0.5) is 4.79 Å². The zero-order chi connectivity index (χ0) is 26.2. The minimum absolute atomic E-state index is 0.0750. The van der Waals surface area contributed by atoms with Crippen LogP contribution in [0.15, 0.2) is 53.5 Å². The predicted octanol–water partition coefficient (Wildman–Crippen LogP) is 3.80. The van der Waals surface area contributed by atoms with Gasteiger partial charge in [-0.05, 0) is 61.3 Å². The number of aromatic nitrogens is 3. The molecule has 1 aliphatic heterocycles. The predicted molar refractivity (Wildman–Crippen MR) is 144 cm³/mol. The van der Waals surface area contributed by atoms with Crippen LogP contribution in [0.2, 0.25) is 0 Å². The van der Waals surface area contributed by atoms with E-state index < -0.39 is 12.0 Å². The molecule has 196 valence electrons. The van der Waals surface area contributed by atoms with Crippen molar-refractivity contribution in [1.29, 1.82) is 0 Å². The molecule has 1 fully saturated rings. The van der Waals surface area contributed by atoms with Gasteiger partial charge in [0.1, 0.15) is 6.04 Å². The molecule has 9 heteroatoms. The number of piperidine rings is 1. The lowest BCUT2D eigenvalue weighted by atomic mass is 9.89. The molecule has 38 heavy (non-hydrogen) atoms. The zero-order valence-corrected chi connectivity index (χ0v) is 21.2. The van der Waals surface area contributed by atoms with Gasteiger partial charge >= 0.3 is 17.7 Å². The maximum Gasteiger partial charge on any atom is 0.326 e. The molecule has 0 radical (unpaired) electrons. The van der Waals surface area contributed by atoms with Crippen molar-refractivity contribution in [2.45, 2.75) is 57.0 Å². The maximum atomic E-state index is 13.0. The summed E-state index contributed by atoms with van der Waals surface area (Å²) in [5.41, 5.74) is 5.73. The Bertz CT molecular complexity index is 1580. The average molecular weight is 514 g/mol. The van der Waals surface area contributed by atoms with E-state index in [1.807, 2.05) is 30.3 Å². The summed E-state index contributed by atoms with van der Waals surface area (Å²) in [6, 6.07) is 12.4. The number of hydrogen-bond acceptors (Lipinski definition) is 4. The third-order valence-electron chi connectivity index (χ3n) is 8.03. The third-order valence-corrected chi connectivity index (χ3v) is 8.03. The molecule has 9 nitrogen and oxygen atoms in total. The summed E-state index contributed by atoms with van der Waals surface area (Å²) in [4.78, 5) is 47.1. The minimum atomic E-state index is -1.05. The quantitative estimate of drug-likeness (QED) is 0.375. The summed E-state index contributed by atoms with van der Waals surface area (Å²) in [6.07, 6.45) is 7.61. The van der Waals surface area contributed by atoms with Crippen LogP contribution >= 0.6 is 0 Å². The maximum absolute atomic E-state index is 13.0. The SMILES string of the molecule is O=C(O)C(Cc1ccc2c(c1)CCCC2)NC(=O)N1CCC(n2c(=O)[nH]c3c4ccccc4ncc32)CC1. The molecule has 3 N–H and O–H groups in total. The van der Waals surface area contributed by atoms with E-state index in [1.54, 1.807) is 15.7 Å². The molecule has 2 amide bonds. The number of H-pyrrole nitrogens is 1. The molecule has 6 rings (SSSR count). The molecule has 4 aromatic rings. The van der Waals surface area contributed by atoms with Gasteiger partial charge < -0.3 is 20.3 Å². The number of carboxylic acid groups (broad SMARTS) is 1. The molecule has 0 bridgehead atoms. The molecule has 2 aromatic heterocycles. The number of para-hydroxylation sites is 1. The van der Waals surface area contributed by atoms with E-state index in [0.29, 0.717) is 25.9 Å². The molecule has 1 atom stereocenters. The number of aryl methyl sites for hydroxylation is 2. The van der Waals surface area contributed by atoms with Crippen LogP contribution in [-0.4, -0.2) is 55.7 Å². The van der Waals surface area contributed by atoms with Gasteiger partial charge in [0.2, 0.25) is 0 Å². The lowest BCUT2D eigenvalue weighted by molar-refractivity contribution is -0.139. The highest BCUT2D eigenvalue weighted by molar-refractivity contribution is 6.01. The van der Waals surface area contributed by atoms with Crippen molar-refractivity contribution in [3.63, 3.8) is 0 Å². The smallest absolute Gasteiger partial charge is 0.326 e. The number of pyridine rings is 1. The Labute approximate surface area is 219 Å². The van der Waals surface area contributed by atoms with Crippen LogP contribution in [0.5, 0.6) is 0 Å². The first kappa shape index (κ1) is 24.2. The van der Waals surface area contributed by atoms with Gasteiger partial charge in [-0.25, -0.2) is 14.4 Å². The molecule has 0 spiro atoms. The Morgan fingerprint density at radius 1 is 1.08 bits per heavy atom. The number of imidazole rings is 1. The number of carbonyl (C=O) groups excluding carboxylic acids is 1. The fourth-order valence-electron chi connectivity index (χ4n) is 6.00. The standard InChI is InChI=1S/C29H31N5O4/c35-27(36)24(16-18-9-10-19-5-1-2-6-20(19)15-18)31-28(37)33-13-11-21(12-14-33)34-25-17-30-23-8-4-3-7-22(23)26(25)32-29(34)38/h3-4,7-10,15,17,21,24H,1-2,5-6,11-14,16H2,(H,31,37)(H,32,38)(H,35,36). The summed E-state index contributed by atoms with van der Waals surface area (Å²) in [7, 11) is 0. The largest absolute Gasteiger partial charge is 0.480 e. The van der Waals surface area contributed by atoms with Crippen LogP contribution < -0.4 is 11.0 Å². The Morgan fingerprint density at radius 3 is 2.63 bits per heavy atom. The van der Waals surface area contributed by atoms with Crippen LogP contribution in [-0.2, 0) is 24.1 Å². The second-order valence-electron chi connectivity index (χ2n) is 10.4. The van der Waals surface area contributed by atoms with E-state index in [0.717, 1.165) is 46.8 Å². The number of nitrogens with zero attached hydrogens (tertiary/aromatic N) is 3. The highest BCUT2D eigenvalue weighted by Gasteiger charge is 2.29. The fraction of sp³-hybridized carbons (Fsp3) is 0.379. The van der Waals surface area contributed by atoms with Gasteiger partial charge in [-0.3, -0.25) is 9.55 Å². The molecule has 1 unspecified atom stereocenters. The van der Waals surface area contributed by atoms with Crippen molar-refractivity contribution in [1.82, 2.24) is 24.8 Å². The van der Waals surface area contributed by atoms with Crippen molar-refractivity contribution < 1.29 is 14.7 Å². The number of carbonyl (C=O) groups is 2. The first-order valence-corrected chi connectivity index (χ1v) is 13.3. The summed E-state index contributed by atoms with van der Waals surface area (Å²) >= 11 is 0. The van der Waals surface area contributed by atoms with Gasteiger partial charge in [0.15, 0.2) is 0 Å². The highest BCUT2D eigenvalue weighted by atomic mass is 16.4. The first-order valence-electron chi connectivity index (χ1n) is 13.3. The van der Waals surface area contributed by atoms with Gasteiger partial charge in [0, 0.05) is 30.9 Å². The number of likely N-dealkylation sites (tertiary alicyclic amines) is 1. The first-order chi connectivity index (χ1) is 18.5. The lowest BCUT2D eigenvalue weighted by Gasteiger charge is -2.33. The number of carboxylic acids is 1. The Balaban J connectivity index is 1.12. The Hall–Kier alpha value is -4.14. The number of aliphatic carboxylic acids is 1. The average Bonchev–Trinajstić information content (AvgIpc) is 3.28. The molecule has 0 saturated carbocycles. The Kier molecular flexibility index (Phi) is 6.35. The summed E-state index contributed by atoms with van der Waals surface area (Å²) in [6.45, 7) is 0.865. The van der Waals surface area contributed by atoms with E-state index in [9.17, 15) is 19.5 Å². The number of fused-ring (bicyclic) bond motifs is 4. The van der Waals surface area contributed by atoms with Gasteiger partial charge in [-0.2, -0.15) is 0 Å². The third kappa shape index (κ3) is 4.53.